The van der Waals surface area contributed by atoms with Gasteiger partial charge in [0.2, 0.25) is 0 Å². The van der Waals surface area contributed by atoms with Crippen LogP contribution < -0.4 is 15.9 Å². The summed E-state index contributed by atoms with van der Waals surface area (Å²) >= 11 is 0. The van der Waals surface area contributed by atoms with Crippen molar-refractivity contribution in [3.05, 3.63) is 161 Å². The third-order valence-corrected chi connectivity index (χ3v) is 13.9. The van der Waals surface area contributed by atoms with Gasteiger partial charge < -0.3 is 0 Å². The molecule has 0 saturated carbocycles. The van der Waals surface area contributed by atoms with Gasteiger partial charge in [0.15, 0.2) is 0 Å². The van der Waals surface area contributed by atoms with Gasteiger partial charge in [-0.25, -0.2) is 0 Å². The molecule has 0 bridgehead atoms. The highest BCUT2D eigenvalue weighted by atomic mass is 31.1. The quantitative estimate of drug-likeness (QED) is 0.175. The van der Waals surface area contributed by atoms with Gasteiger partial charge in [-0.05, 0) is 109 Å². The van der Waals surface area contributed by atoms with Gasteiger partial charge in [-0.1, -0.05) is 151 Å². The van der Waals surface area contributed by atoms with Crippen molar-refractivity contribution < 1.29 is 0 Å². The lowest BCUT2D eigenvalue weighted by Crippen LogP contribution is -2.25. The van der Waals surface area contributed by atoms with Gasteiger partial charge in [0.25, 0.3) is 0 Å². The van der Waals surface area contributed by atoms with Crippen molar-refractivity contribution in [3.8, 4) is 33.4 Å². The van der Waals surface area contributed by atoms with E-state index in [9.17, 15) is 0 Å². The predicted molar refractivity (Wildman–Crippen MR) is 198 cm³/mol. The fourth-order valence-electron chi connectivity index (χ4n) is 8.94. The van der Waals surface area contributed by atoms with Crippen LogP contribution in [0.25, 0.3) is 33.4 Å². The molecule has 0 amide bonds. The first-order chi connectivity index (χ1) is 22.1. The summed E-state index contributed by atoms with van der Waals surface area (Å²) in [5, 5.41) is 4.28. The lowest BCUT2D eigenvalue weighted by molar-refractivity contribution is 0.661. The third-order valence-electron chi connectivity index (χ3n) is 11.5. The van der Waals surface area contributed by atoms with Gasteiger partial charge >= 0.3 is 0 Å². The first-order valence-electron chi connectivity index (χ1n) is 16.6. The van der Waals surface area contributed by atoms with Gasteiger partial charge in [-0.2, -0.15) is 0 Å². The molecule has 1 heteroatoms. The maximum absolute atomic E-state index is 2.56. The molecule has 0 atom stereocenters. The molecule has 9 rings (SSSR count). The van der Waals surface area contributed by atoms with Crippen molar-refractivity contribution in [1.29, 1.82) is 0 Å². The molecule has 0 fully saturated rings. The Morgan fingerprint density at radius 2 is 0.565 bits per heavy atom. The Bertz CT molecular complexity index is 1990. The highest BCUT2D eigenvalue weighted by molar-refractivity contribution is 7.79. The van der Waals surface area contributed by atoms with Crippen molar-refractivity contribution in [3.63, 3.8) is 0 Å². The van der Waals surface area contributed by atoms with Crippen molar-refractivity contribution in [2.45, 2.75) is 57.8 Å². The van der Waals surface area contributed by atoms with Crippen LogP contribution in [0, 0.1) is 0 Å². The predicted octanol–water partition coefficient (Wildman–Crippen LogP) is 10.4. The van der Waals surface area contributed by atoms with E-state index in [-0.39, 0.29) is 16.2 Å². The summed E-state index contributed by atoms with van der Waals surface area (Å²) in [6.07, 6.45) is 0. The van der Waals surface area contributed by atoms with Crippen molar-refractivity contribution in [2.75, 3.05) is 0 Å². The zero-order valence-corrected chi connectivity index (χ0v) is 28.5. The maximum Gasteiger partial charge on any atom is 0.0159 e. The molecule has 0 nitrogen and oxygen atoms in total. The van der Waals surface area contributed by atoms with E-state index in [4.69, 9.17) is 0 Å². The summed E-state index contributed by atoms with van der Waals surface area (Å²) in [5.74, 6) is 0. The van der Waals surface area contributed by atoms with Crippen LogP contribution in [0.4, 0.5) is 0 Å². The summed E-state index contributed by atoms with van der Waals surface area (Å²) in [6, 6.07) is 49.2. The molecular formula is C45H39P. The van der Waals surface area contributed by atoms with E-state index in [1.54, 1.807) is 0 Å². The molecule has 224 valence electrons. The lowest BCUT2D eigenvalue weighted by atomic mass is 9.82. The number of hydrogen-bond acceptors (Lipinski definition) is 0. The van der Waals surface area contributed by atoms with E-state index < -0.39 is 7.92 Å². The number of rotatable bonds is 3. The van der Waals surface area contributed by atoms with E-state index in [0.29, 0.717) is 0 Å². The average molecular weight is 611 g/mol. The first-order valence-corrected chi connectivity index (χ1v) is 18.0. The van der Waals surface area contributed by atoms with Crippen LogP contribution in [0.5, 0.6) is 0 Å². The van der Waals surface area contributed by atoms with Crippen LogP contribution in [-0.4, -0.2) is 0 Å². The van der Waals surface area contributed by atoms with Crippen molar-refractivity contribution >= 4 is 23.8 Å². The molecular weight excluding hydrogens is 571 g/mol. The fraction of sp³-hybridized carbons (Fsp3) is 0.200. The first kappa shape index (κ1) is 28.0. The molecule has 0 spiro atoms. The normalized spacial score (nSPS) is 16.8. The molecule has 0 heterocycles. The summed E-state index contributed by atoms with van der Waals surface area (Å²) in [4.78, 5) is 0. The summed E-state index contributed by atoms with van der Waals surface area (Å²) in [7, 11) is -0.818. The minimum Gasteiger partial charge on any atom is -0.0619 e. The van der Waals surface area contributed by atoms with Crippen LogP contribution >= 0.6 is 7.92 Å². The molecule has 0 N–H and O–H groups in total. The van der Waals surface area contributed by atoms with E-state index in [0.717, 1.165) is 0 Å². The van der Waals surface area contributed by atoms with E-state index in [1.165, 1.54) is 82.7 Å². The molecule has 46 heavy (non-hydrogen) atoms. The standard InChI is InChI=1S/C45H39P/c1-43(2)37-16-10-7-13-31(37)34-22-19-28(25-40(34)43)46(29-20-23-35-32-14-8-11-17-38(32)44(3,4)41(35)26-29)30-21-24-36-33-15-9-12-18-39(33)45(5,6)42(36)27-30/h7-27H,1-6H3. The molecule has 0 aliphatic heterocycles. The monoisotopic (exact) mass is 610 g/mol. The Morgan fingerprint density at radius 3 is 0.870 bits per heavy atom. The minimum atomic E-state index is -0.818. The molecule has 6 aromatic carbocycles. The molecule has 0 radical (unpaired) electrons. The molecule has 0 saturated heterocycles. The van der Waals surface area contributed by atoms with Crippen LogP contribution in [0.1, 0.15) is 74.9 Å². The summed E-state index contributed by atoms with van der Waals surface area (Å²) in [5.41, 5.74) is 16.8. The minimum absolute atomic E-state index is 0.0356. The summed E-state index contributed by atoms with van der Waals surface area (Å²) in [6.45, 7) is 14.4. The van der Waals surface area contributed by atoms with Crippen LogP contribution in [0.15, 0.2) is 127 Å². The van der Waals surface area contributed by atoms with Crippen LogP contribution in [0.2, 0.25) is 0 Å². The zero-order valence-electron chi connectivity index (χ0n) is 27.6. The smallest absolute Gasteiger partial charge is 0.0159 e. The molecule has 3 aliphatic rings. The van der Waals surface area contributed by atoms with Crippen molar-refractivity contribution in [1.82, 2.24) is 0 Å². The lowest BCUT2D eigenvalue weighted by Gasteiger charge is -2.28. The fourth-order valence-corrected chi connectivity index (χ4v) is 11.3. The molecule has 3 aliphatic carbocycles. The van der Waals surface area contributed by atoms with Gasteiger partial charge in [0.1, 0.15) is 0 Å². The van der Waals surface area contributed by atoms with Gasteiger partial charge in [0, 0.05) is 16.2 Å². The second kappa shape index (κ2) is 9.40. The van der Waals surface area contributed by atoms with Gasteiger partial charge in [-0.15, -0.1) is 0 Å². The second-order valence-electron chi connectivity index (χ2n) is 15.0. The van der Waals surface area contributed by atoms with Crippen molar-refractivity contribution in [2.24, 2.45) is 0 Å². The number of hydrogen-bond donors (Lipinski definition) is 0. The SMILES string of the molecule is CC1(C)c2ccccc2-c2ccc(P(c3ccc4c(c3)C(C)(C)c3ccccc3-4)c3ccc4c(c3)C(C)(C)c3ccccc3-4)cc21. The second-order valence-corrected chi connectivity index (χ2v) is 17.3. The Morgan fingerprint density at radius 1 is 0.304 bits per heavy atom. The highest BCUT2D eigenvalue weighted by Crippen LogP contribution is 2.53. The maximum atomic E-state index is 2.56. The van der Waals surface area contributed by atoms with E-state index in [1.807, 2.05) is 0 Å². The number of fused-ring (bicyclic) bond motifs is 9. The highest BCUT2D eigenvalue weighted by Gasteiger charge is 2.39. The van der Waals surface area contributed by atoms with E-state index >= 15 is 0 Å². The Balaban J connectivity index is 1.26. The van der Waals surface area contributed by atoms with Gasteiger partial charge in [0.05, 0.1) is 0 Å². The molecule has 0 aromatic heterocycles. The molecule has 6 aromatic rings. The Kier molecular flexibility index (Phi) is 5.73. The van der Waals surface area contributed by atoms with Gasteiger partial charge in [-0.3, -0.25) is 0 Å². The van der Waals surface area contributed by atoms with Crippen LogP contribution in [0.3, 0.4) is 0 Å². The third kappa shape index (κ3) is 3.66. The topological polar surface area (TPSA) is 0 Å². The Hall–Kier alpha value is -4.25. The van der Waals surface area contributed by atoms with Crippen LogP contribution in [-0.2, 0) is 16.2 Å². The van der Waals surface area contributed by atoms with E-state index in [2.05, 4.69) is 169 Å². The molecule has 0 unspecified atom stereocenters. The number of benzene rings is 6. The zero-order chi connectivity index (χ0) is 31.6. The largest absolute Gasteiger partial charge is 0.0619 e. The Labute approximate surface area is 274 Å². The average Bonchev–Trinajstić information content (AvgIpc) is 3.54. The summed E-state index contributed by atoms with van der Waals surface area (Å²) < 4.78 is 0.